The smallest absolute Gasteiger partial charge is 0.234 e. The van der Waals surface area contributed by atoms with Crippen LogP contribution in [0.1, 0.15) is 25.3 Å². The molecule has 2 aliphatic heterocycles. The number of amides is 1. The van der Waals surface area contributed by atoms with Gasteiger partial charge in [0.1, 0.15) is 0 Å². The summed E-state index contributed by atoms with van der Waals surface area (Å²) in [5, 5.41) is 2.97. The Morgan fingerprint density at radius 3 is 3.00 bits per heavy atom. The van der Waals surface area contributed by atoms with Crippen LogP contribution < -0.4 is 14.8 Å². The molecule has 1 aromatic rings. The van der Waals surface area contributed by atoms with Gasteiger partial charge in [-0.15, -0.1) is 0 Å². The first-order valence-corrected chi connectivity index (χ1v) is 8.24. The molecule has 0 saturated carbocycles. The van der Waals surface area contributed by atoms with E-state index in [2.05, 4.69) is 17.1 Å². The zero-order valence-corrected chi connectivity index (χ0v) is 13.5. The lowest BCUT2D eigenvalue weighted by atomic mass is 10.2. The van der Waals surface area contributed by atoms with Crippen molar-refractivity contribution in [3.63, 3.8) is 0 Å². The summed E-state index contributed by atoms with van der Waals surface area (Å²) in [4.78, 5) is 14.2. The second-order valence-corrected chi connectivity index (χ2v) is 5.93. The van der Waals surface area contributed by atoms with Gasteiger partial charge in [-0.2, -0.15) is 0 Å². The van der Waals surface area contributed by atoms with Crippen molar-refractivity contribution in [2.75, 3.05) is 33.0 Å². The summed E-state index contributed by atoms with van der Waals surface area (Å²) in [6.45, 7) is 5.66. The first-order chi connectivity index (χ1) is 11.2. The molecule has 126 valence electrons. The van der Waals surface area contributed by atoms with E-state index in [0.29, 0.717) is 19.6 Å². The van der Waals surface area contributed by atoms with Crippen molar-refractivity contribution in [2.24, 2.45) is 0 Å². The summed E-state index contributed by atoms with van der Waals surface area (Å²) in [7, 11) is 0. The quantitative estimate of drug-likeness (QED) is 0.826. The molecule has 2 aliphatic rings. The van der Waals surface area contributed by atoms with Crippen molar-refractivity contribution in [2.45, 2.75) is 32.4 Å². The topological polar surface area (TPSA) is 60.0 Å². The Morgan fingerprint density at radius 2 is 2.22 bits per heavy atom. The second kappa shape index (κ2) is 7.66. The van der Waals surface area contributed by atoms with Crippen molar-refractivity contribution >= 4 is 5.91 Å². The van der Waals surface area contributed by atoms with E-state index in [1.54, 1.807) is 0 Å². The van der Waals surface area contributed by atoms with Crippen LogP contribution in [0.25, 0.3) is 0 Å². The standard InChI is InChI=1S/C17H24N2O4/c1-2-19(11-17(20)18-9-14-4-3-7-21-14)10-13-5-6-15-16(8-13)23-12-22-15/h5-6,8,14H,2-4,7,9-12H2,1H3,(H,18,20). The molecule has 0 aromatic heterocycles. The Kier molecular flexibility index (Phi) is 5.35. The molecule has 0 spiro atoms. The molecule has 1 amide bonds. The lowest BCUT2D eigenvalue weighted by Crippen LogP contribution is -2.39. The summed E-state index contributed by atoms with van der Waals surface area (Å²) >= 11 is 0. The normalized spacial score (nSPS) is 19.3. The van der Waals surface area contributed by atoms with Gasteiger partial charge in [0.15, 0.2) is 11.5 Å². The van der Waals surface area contributed by atoms with Gasteiger partial charge in [0, 0.05) is 19.7 Å². The van der Waals surface area contributed by atoms with Crippen LogP contribution in [0.4, 0.5) is 0 Å². The minimum atomic E-state index is 0.0445. The number of benzene rings is 1. The van der Waals surface area contributed by atoms with Gasteiger partial charge in [-0.3, -0.25) is 9.69 Å². The number of rotatable bonds is 7. The number of carbonyl (C=O) groups is 1. The van der Waals surface area contributed by atoms with Crippen molar-refractivity contribution in [3.05, 3.63) is 23.8 Å². The number of nitrogens with one attached hydrogen (secondary N) is 1. The first-order valence-electron chi connectivity index (χ1n) is 8.24. The number of likely N-dealkylation sites (N-methyl/N-ethyl adjacent to an activating group) is 1. The van der Waals surface area contributed by atoms with Crippen LogP contribution in [0.5, 0.6) is 11.5 Å². The summed E-state index contributed by atoms with van der Waals surface area (Å²) in [5.74, 6) is 1.61. The molecule has 6 heteroatoms. The minimum Gasteiger partial charge on any atom is -0.454 e. The van der Waals surface area contributed by atoms with Crippen LogP contribution in [0.3, 0.4) is 0 Å². The number of hydrogen-bond acceptors (Lipinski definition) is 5. The van der Waals surface area contributed by atoms with E-state index in [9.17, 15) is 4.79 Å². The first kappa shape index (κ1) is 16.1. The van der Waals surface area contributed by atoms with Crippen molar-refractivity contribution < 1.29 is 19.0 Å². The highest BCUT2D eigenvalue weighted by Crippen LogP contribution is 2.32. The van der Waals surface area contributed by atoms with E-state index in [0.717, 1.165) is 43.1 Å². The van der Waals surface area contributed by atoms with E-state index < -0.39 is 0 Å². The van der Waals surface area contributed by atoms with E-state index in [4.69, 9.17) is 14.2 Å². The Balaban J connectivity index is 1.48. The van der Waals surface area contributed by atoms with E-state index in [1.165, 1.54) is 0 Å². The average molecular weight is 320 g/mol. The van der Waals surface area contributed by atoms with Gasteiger partial charge in [-0.1, -0.05) is 13.0 Å². The number of fused-ring (bicyclic) bond motifs is 1. The molecule has 0 radical (unpaired) electrons. The molecule has 1 aromatic carbocycles. The predicted molar refractivity (Wildman–Crippen MR) is 85.5 cm³/mol. The Bertz CT molecular complexity index is 543. The zero-order valence-electron chi connectivity index (χ0n) is 13.5. The summed E-state index contributed by atoms with van der Waals surface area (Å²) in [5.41, 5.74) is 1.11. The fourth-order valence-corrected chi connectivity index (χ4v) is 2.87. The third-order valence-electron chi connectivity index (χ3n) is 4.21. The highest BCUT2D eigenvalue weighted by atomic mass is 16.7. The van der Waals surface area contributed by atoms with Gasteiger partial charge in [0.2, 0.25) is 12.7 Å². The summed E-state index contributed by atoms with van der Waals surface area (Å²) in [6, 6.07) is 5.92. The van der Waals surface area contributed by atoms with Gasteiger partial charge < -0.3 is 19.5 Å². The monoisotopic (exact) mass is 320 g/mol. The third kappa shape index (κ3) is 4.36. The molecule has 23 heavy (non-hydrogen) atoms. The largest absolute Gasteiger partial charge is 0.454 e. The fourth-order valence-electron chi connectivity index (χ4n) is 2.87. The van der Waals surface area contributed by atoms with Gasteiger partial charge in [-0.05, 0) is 37.1 Å². The summed E-state index contributed by atoms with van der Waals surface area (Å²) in [6.07, 6.45) is 2.31. The molecule has 1 unspecified atom stereocenters. The fraction of sp³-hybridized carbons (Fsp3) is 0.588. The SMILES string of the molecule is CCN(CC(=O)NCC1CCCO1)Cc1ccc2c(c1)OCO2. The van der Waals surface area contributed by atoms with Crippen molar-refractivity contribution in [3.8, 4) is 11.5 Å². The molecular weight excluding hydrogens is 296 g/mol. The highest BCUT2D eigenvalue weighted by molar-refractivity contribution is 5.78. The zero-order chi connectivity index (χ0) is 16.1. The minimum absolute atomic E-state index is 0.0445. The number of hydrogen-bond donors (Lipinski definition) is 1. The van der Waals surface area contributed by atoms with Crippen LogP contribution in [-0.4, -0.2) is 49.9 Å². The molecule has 1 saturated heterocycles. The third-order valence-corrected chi connectivity index (χ3v) is 4.21. The maximum absolute atomic E-state index is 12.1. The Morgan fingerprint density at radius 1 is 1.35 bits per heavy atom. The van der Waals surface area contributed by atoms with Crippen LogP contribution in [-0.2, 0) is 16.1 Å². The van der Waals surface area contributed by atoms with Gasteiger partial charge in [0.05, 0.1) is 12.6 Å². The Hall–Kier alpha value is -1.79. The highest BCUT2D eigenvalue weighted by Gasteiger charge is 2.18. The van der Waals surface area contributed by atoms with Crippen LogP contribution in [0.2, 0.25) is 0 Å². The van der Waals surface area contributed by atoms with Crippen LogP contribution in [0.15, 0.2) is 18.2 Å². The molecule has 1 fully saturated rings. The molecule has 2 heterocycles. The second-order valence-electron chi connectivity index (χ2n) is 5.93. The average Bonchev–Trinajstić information content (AvgIpc) is 3.23. The van der Waals surface area contributed by atoms with Crippen molar-refractivity contribution in [1.29, 1.82) is 0 Å². The predicted octanol–water partition coefficient (Wildman–Crippen LogP) is 1.53. The lowest BCUT2D eigenvalue weighted by molar-refractivity contribution is -0.122. The molecule has 1 N–H and O–H groups in total. The maximum atomic E-state index is 12.1. The van der Waals surface area contributed by atoms with Crippen LogP contribution >= 0.6 is 0 Å². The molecule has 3 rings (SSSR count). The Labute approximate surface area is 136 Å². The number of nitrogens with zero attached hydrogens (tertiary/aromatic N) is 1. The van der Waals surface area contributed by atoms with Crippen molar-refractivity contribution in [1.82, 2.24) is 10.2 Å². The molecule has 0 aliphatic carbocycles. The van der Waals surface area contributed by atoms with Gasteiger partial charge in [0.25, 0.3) is 0 Å². The maximum Gasteiger partial charge on any atom is 0.234 e. The molecule has 6 nitrogen and oxygen atoms in total. The lowest BCUT2D eigenvalue weighted by Gasteiger charge is -2.20. The molecule has 1 atom stereocenters. The van der Waals surface area contributed by atoms with E-state index >= 15 is 0 Å². The van der Waals surface area contributed by atoms with Gasteiger partial charge >= 0.3 is 0 Å². The molecular formula is C17H24N2O4. The van der Waals surface area contributed by atoms with E-state index in [-0.39, 0.29) is 18.8 Å². The van der Waals surface area contributed by atoms with Gasteiger partial charge in [-0.25, -0.2) is 0 Å². The van der Waals surface area contributed by atoms with Crippen LogP contribution in [0, 0.1) is 0 Å². The molecule has 0 bridgehead atoms. The van der Waals surface area contributed by atoms with E-state index in [1.807, 2.05) is 18.2 Å². The number of carbonyl (C=O) groups excluding carboxylic acids is 1. The summed E-state index contributed by atoms with van der Waals surface area (Å²) < 4.78 is 16.2. The number of ether oxygens (including phenoxy) is 3.